The van der Waals surface area contributed by atoms with Crippen molar-refractivity contribution in [2.24, 2.45) is 0 Å². The Labute approximate surface area is 191 Å². The average Bonchev–Trinajstić information content (AvgIpc) is 3.15. The molecule has 1 aliphatic heterocycles. The van der Waals surface area contributed by atoms with E-state index in [0.29, 0.717) is 6.61 Å². The summed E-state index contributed by atoms with van der Waals surface area (Å²) in [4.78, 5) is 0. The Morgan fingerprint density at radius 2 is 1.35 bits per heavy atom. The van der Waals surface area contributed by atoms with Crippen LogP contribution in [-0.2, 0) is 9.47 Å². The number of ether oxygens (including phenoxy) is 2. The smallest absolute Gasteiger partial charge is 0.114 e. The molecule has 1 aliphatic rings. The minimum Gasteiger partial charge on any atom is -0.394 e. The van der Waals surface area contributed by atoms with Gasteiger partial charge in [0.1, 0.15) is 24.4 Å². The molecule has 0 spiro atoms. The molecule has 0 aliphatic carbocycles. The van der Waals surface area contributed by atoms with Crippen LogP contribution in [0.15, 0.2) is 12.2 Å². The van der Waals surface area contributed by atoms with Gasteiger partial charge in [0.15, 0.2) is 0 Å². The van der Waals surface area contributed by atoms with Gasteiger partial charge in [-0.2, -0.15) is 0 Å². The molecule has 184 valence electrons. The first-order chi connectivity index (χ1) is 15.2. The summed E-state index contributed by atoms with van der Waals surface area (Å²) in [5, 5.41) is 28.7. The molecule has 1 rings (SSSR count). The SMILES string of the molecule is CCCCCCCCCCC/C=C/CCCCCCCO[C@H]1[C@@H]([C@H](O)CO)OC[C@@H]1O. The van der Waals surface area contributed by atoms with Crippen molar-refractivity contribution in [3.05, 3.63) is 12.2 Å². The minimum absolute atomic E-state index is 0.152. The van der Waals surface area contributed by atoms with Gasteiger partial charge >= 0.3 is 0 Å². The van der Waals surface area contributed by atoms with Crippen LogP contribution in [0.3, 0.4) is 0 Å². The first-order valence-corrected chi connectivity index (χ1v) is 13.1. The van der Waals surface area contributed by atoms with Crippen molar-refractivity contribution in [1.29, 1.82) is 0 Å². The quantitative estimate of drug-likeness (QED) is 0.166. The topological polar surface area (TPSA) is 79.2 Å². The van der Waals surface area contributed by atoms with E-state index in [0.717, 1.165) is 12.8 Å². The molecule has 0 aromatic heterocycles. The lowest BCUT2D eigenvalue weighted by Crippen LogP contribution is -2.42. The summed E-state index contributed by atoms with van der Waals surface area (Å²) in [5.41, 5.74) is 0. The number of allylic oxidation sites excluding steroid dienone is 2. The van der Waals surface area contributed by atoms with Gasteiger partial charge in [-0.3, -0.25) is 0 Å². The number of hydrogen-bond donors (Lipinski definition) is 3. The fourth-order valence-corrected chi connectivity index (χ4v) is 4.18. The molecule has 0 bridgehead atoms. The van der Waals surface area contributed by atoms with Crippen LogP contribution in [0.1, 0.15) is 110 Å². The van der Waals surface area contributed by atoms with E-state index in [9.17, 15) is 10.2 Å². The van der Waals surface area contributed by atoms with E-state index in [1.54, 1.807) is 0 Å². The van der Waals surface area contributed by atoms with Gasteiger partial charge in [0, 0.05) is 6.61 Å². The second kappa shape index (κ2) is 20.2. The predicted molar refractivity (Wildman–Crippen MR) is 127 cm³/mol. The lowest BCUT2D eigenvalue weighted by molar-refractivity contribution is -0.0938. The summed E-state index contributed by atoms with van der Waals surface area (Å²) < 4.78 is 11.1. The highest BCUT2D eigenvalue weighted by Gasteiger charge is 2.40. The Kier molecular flexibility index (Phi) is 18.6. The van der Waals surface area contributed by atoms with Gasteiger partial charge in [-0.15, -0.1) is 0 Å². The molecule has 0 saturated carbocycles. The number of rotatable bonds is 21. The Balaban J connectivity index is 1.84. The van der Waals surface area contributed by atoms with Crippen molar-refractivity contribution in [1.82, 2.24) is 0 Å². The molecular formula is C26H50O5. The zero-order chi connectivity index (χ0) is 22.6. The molecule has 0 aromatic rings. The van der Waals surface area contributed by atoms with Crippen LogP contribution in [0.5, 0.6) is 0 Å². The molecule has 31 heavy (non-hydrogen) atoms. The third-order valence-corrected chi connectivity index (χ3v) is 6.20. The van der Waals surface area contributed by atoms with E-state index in [1.807, 2.05) is 0 Å². The molecule has 1 saturated heterocycles. The second-order valence-corrected chi connectivity index (χ2v) is 9.10. The molecule has 0 aromatic carbocycles. The van der Waals surface area contributed by atoms with Crippen molar-refractivity contribution in [2.45, 2.75) is 134 Å². The Hall–Kier alpha value is -0.460. The van der Waals surface area contributed by atoms with Crippen LogP contribution in [0, 0.1) is 0 Å². The number of hydrogen-bond acceptors (Lipinski definition) is 5. The fourth-order valence-electron chi connectivity index (χ4n) is 4.18. The highest BCUT2D eigenvalue weighted by atomic mass is 16.6. The standard InChI is InChI=1S/C26H50O5/c1-2-3-4-5-6-7-8-9-10-11-12-13-14-15-16-17-18-19-20-30-26-24(29)22-31-25(26)23(28)21-27/h12-13,23-29H,2-11,14-22H2,1H3/b13-12+/t23-,24+,25-,26-/m1/s1. The van der Waals surface area contributed by atoms with Crippen LogP contribution >= 0.6 is 0 Å². The van der Waals surface area contributed by atoms with Gasteiger partial charge in [0.2, 0.25) is 0 Å². The van der Waals surface area contributed by atoms with Crippen LogP contribution in [-0.4, -0.2) is 59.6 Å². The van der Waals surface area contributed by atoms with E-state index in [2.05, 4.69) is 19.1 Å². The number of aliphatic hydroxyl groups is 3. The summed E-state index contributed by atoms with van der Waals surface area (Å²) in [6.07, 6.45) is 22.5. The maximum atomic E-state index is 9.91. The monoisotopic (exact) mass is 442 g/mol. The van der Waals surface area contributed by atoms with Crippen LogP contribution < -0.4 is 0 Å². The van der Waals surface area contributed by atoms with Crippen molar-refractivity contribution in [3.63, 3.8) is 0 Å². The first-order valence-electron chi connectivity index (χ1n) is 13.1. The zero-order valence-electron chi connectivity index (χ0n) is 20.1. The maximum Gasteiger partial charge on any atom is 0.114 e. The Morgan fingerprint density at radius 1 is 0.839 bits per heavy atom. The number of aliphatic hydroxyl groups excluding tert-OH is 3. The molecule has 4 atom stereocenters. The summed E-state index contributed by atoms with van der Waals surface area (Å²) in [5.74, 6) is 0. The molecule has 0 radical (unpaired) electrons. The third kappa shape index (κ3) is 14.3. The van der Waals surface area contributed by atoms with Crippen molar-refractivity contribution in [3.8, 4) is 0 Å². The lowest BCUT2D eigenvalue weighted by atomic mass is 10.1. The van der Waals surface area contributed by atoms with Crippen molar-refractivity contribution < 1.29 is 24.8 Å². The van der Waals surface area contributed by atoms with Gasteiger partial charge in [0.05, 0.1) is 13.2 Å². The van der Waals surface area contributed by atoms with Crippen LogP contribution in [0.4, 0.5) is 0 Å². The van der Waals surface area contributed by atoms with E-state index in [4.69, 9.17) is 14.6 Å². The van der Waals surface area contributed by atoms with Gasteiger partial charge < -0.3 is 24.8 Å². The van der Waals surface area contributed by atoms with E-state index in [-0.39, 0.29) is 13.2 Å². The lowest BCUT2D eigenvalue weighted by Gasteiger charge is -2.23. The third-order valence-electron chi connectivity index (χ3n) is 6.20. The zero-order valence-corrected chi connectivity index (χ0v) is 20.1. The van der Waals surface area contributed by atoms with E-state index >= 15 is 0 Å². The minimum atomic E-state index is -1.00. The van der Waals surface area contributed by atoms with Crippen LogP contribution in [0.25, 0.3) is 0 Å². The Bertz CT molecular complexity index is 415. The predicted octanol–water partition coefficient (Wildman–Crippen LogP) is 5.30. The normalized spacial score (nSPS) is 22.5. The summed E-state index contributed by atoms with van der Waals surface area (Å²) in [6, 6.07) is 0. The van der Waals surface area contributed by atoms with Crippen molar-refractivity contribution in [2.75, 3.05) is 19.8 Å². The summed E-state index contributed by atoms with van der Waals surface area (Å²) in [7, 11) is 0. The van der Waals surface area contributed by atoms with Gasteiger partial charge in [0.25, 0.3) is 0 Å². The molecule has 5 heteroatoms. The number of unbranched alkanes of at least 4 members (excludes halogenated alkanes) is 14. The maximum absolute atomic E-state index is 9.91. The fraction of sp³-hybridized carbons (Fsp3) is 0.923. The molecule has 3 N–H and O–H groups in total. The van der Waals surface area contributed by atoms with Gasteiger partial charge in [-0.1, -0.05) is 89.7 Å². The molecule has 0 unspecified atom stereocenters. The molecule has 0 amide bonds. The first kappa shape index (κ1) is 28.6. The highest BCUT2D eigenvalue weighted by molar-refractivity contribution is 4.89. The second-order valence-electron chi connectivity index (χ2n) is 9.10. The highest BCUT2D eigenvalue weighted by Crippen LogP contribution is 2.21. The summed E-state index contributed by atoms with van der Waals surface area (Å²) in [6.45, 7) is 2.59. The van der Waals surface area contributed by atoms with Crippen molar-refractivity contribution >= 4 is 0 Å². The largest absolute Gasteiger partial charge is 0.394 e. The van der Waals surface area contributed by atoms with Gasteiger partial charge in [-0.25, -0.2) is 0 Å². The molecule has 5 nitrogen and oxygen atoms in total. The molecule has 1 heterocycles. The molecular weight excluding hydrogens is 392 g/mol. The molecule has 1 fully saturated rings. The summed E-state index contributed by atoms with van der Waals surface area (Å²) >= 11 is 0. The van der Waals surface area contributed by atoms with E-state index in [1.165, 1.54) is 89.9 Å². The van der Waals surface area contributed by atoms with Crippen LogP contribution in [0.2, 0.25) is 0 Å². The van der Waals surface area contributed by atoms with Gasteiger partial charge in [-0.05, 0) is 32.1 Å². The van der Waals surface area contributed by atoms with E-state index < -0.39 is 24.4 Å². The average molecular weight is 443 g/mol. The Morgan fingerprint density at radius 3 is 1.90 bits per heavy atom.